The van der Waals surface area contributed by atoms with Crippen LogP contribution < -0.4 is 9.64 Å². The number of phenolic OH excluding ortho intramolecular Hbond substituents is 1. The molecule has 4 rings (SSSR count). The molecule has 1 N–H and O–H groups in total. The number of rotatable bonds is 7. The van der Waals surface area contributed by atoms with Crippen molar-refractivity contribution < 1.29 is 18.6 Å². The van der Waals surface area contributed by atoms with Gasteiger partial charge in [-0.25, -0.2) is 14.4 Å². The quantitative estimate of drug-likeness (QED) is 0.439. The van der Waals surface area contributed by atoms with E-state index in [4.69, 9.17) is 4.74 Å². The van der Waals surface area contributed by atoms with Gasteiger partial charge in [0.15, 0.2) is 17.4 Å². The molecule has 2 heterocycles. The minimum atomic E-state index is -0.928. The highest BCUT2D eigenvalue weighted by Crippen LogP contribution is 2.43. The molecule has 0 unspecified atom stereocenters. The molecule has 3 aromatic rings. The second kappa shape index (κ2) is 10.1. The number of nitrogens with zero attached hydrogens (tertiary/aromatic N) is 5. The second-order valence-corrected chi connectivity index (χ2v) is 9.59. The fourth-order valence-electron chi connectivity index (χ4n) is 4.98. The summed E-state index contributed by atoms with van der Waals surface area (Å²) in [7, 11) is 3.19. The van der Waals surface area contributed by atoms with E-state index in [1.54, 1.807) is 18.3 Å². The molecular weight excluding hydrogens is 452 g/mol. The van der Waals surface area contributed by atoms with Gasteiger partial charge in [-0.05, 0) is 54.9 Å². The summed E-state index contributed by atoms with van der Waals surface area (Å²) in [5.74, 6) is -0.00845. The summed E-state index contributed by atoms with van der Waals surface area (Å²) in [6, 6.07) is 6.16. The summed E-state index contributed by atoms with van der Waals surface area (Å²) < 4.78 is 33.4. The normalized spacial score (nSPS) is 22.1. The largest absolute Gasteiger partial charge is 0.507 e. The van der Waals surface area contributed by atoms with Crippen LogP contribution in [0.3, 0.4) is 0 Å². The highest BCUT2D eigenvalue weighted by atomic mass is 19.1. The van der Waals surface area contributed by atoms with Crippen LogP contribution in [0, 0.1) is 11.4 Å². The third-order valence-corrected chi connectivity index (χ3v) is 7.00. The van der Waals surface area contributed by atoms with E-state index in [1.807, 2.05) is 11.9 Å². The van der Waals surface area contributed by atoms with Crippen molar-refractivity contribution in [1.29, 1.82) is 0 Å². The Kier molecular flexibility index (Phi) is 7.14. The maximum absolute atomic E-state index is 14.8. The molecule has 0 spiro atoms. The predicted octanol–water partition coefficient (Wildman–Crippen LogP) is 5.59. The topological polar surface area (TPSA) is 84.3 Å². The summed E-state index contributed by atoms with van der Waals surface area (Å²) in [6.45, 7) is 4.40. The van der Waals surface area contributed by atoms with Crippen LogP contribution in [0.2, 0.25) is 0 Å². The Morgan fingerprint density at radius 3 is 2.63 bits per heavy atom. The highest BCUT2D eigenvalue weighted by molar-refractivity contribution is 5.73. The Morgan fingerprint density at radius 2 is 1.97 bits per heavy atom. The molecule has 2 aromatic heterocycles. The summed E-state index contributed by atoms with van der Waals surface area (Å²) in [5.41, 5.74) is 1.73. The summed E-state index contributed by atoms with van der Waals surface area (Å²) in [4.78, 5) is 9.90. The van der Waals surface area contributed by atoms with E-state index in [1.165, 1.54) is 25.4 Å². The van der Waals surface area contributed by atoms with Gasteiger partial charge < -0.3 is 14.7 Å². The van der Waals surface area contributed by atoms with Crippen molar-refractivity contribution in [2.45, 2.75) is 58.2 Å². The van der Waals surface area contributed by atoms with E-state index < -0.39 is 12.1 Å². The van der Waals surface area contributed by atoms with E-state index in [2.05, 4.69) is 34.0 Å². The van der Waals surface area contributed by atoms with Crippen molar-refractivity contribution in [3.63, 3.8) is 0 Å². The molecule has 1 saturated carbocycles. The molecule has 186 valence electrons. The SMILES string of the molecule is CCC[C@]1(C)CC[C@H](F)[C@H](N(C)c2cnc(-c3ccc(-c4cnc(F)c(OC)c4)cc3O)nn2)C1. The second-order valence-electron chi connectivity index (χ2n) is 9.59. The molecule has 9 heteroatoms. The Labute approximate surface area is 204 Å². The lowest BCUT2D eigenvalue weighted by Crippen LogP contribution is -2.47. The standard InChI is InChI=1S/C26H31F2N5O2/c1-5-9-26(2)10-8-19(27)20(13-26)33(3)23-15-30-25(32-31-23)18-7-6-16(11-21(18)34)17-12-22(35-4)24(28)29-14-17/h6-7,11-12,14-15,19-20,34H,5,8-10,13H2,1-4H3/t19-,20+,26+/m0/s1. The average molecular weight is 484 g/mol. The van der Waals surface area contributed by atoms with Crippen molar-refractivity contribution in [3.05, 3.63) is 42.6 Å². The molecule has 1 fully saturated rings. The van der Waals surface area contributed by atoms with Crippen LogP contribution in [0.25, 0.3) is 22.5 Å². The van der Waals surface area contributed by atoms with Gasteiger partial charge in [-0.1, -0.05) is 26.3 Å². The van der Waals surface area contributed by atoms with Crippen LogP contribution in [0.15, 0.2) is 36.7 Å². The molecule has 3 atom stereocenters. The van der Waals surface area contributed by atoms with Crippen LogP contribution in [-0.2, 0) is 0 Å². The first kappa shape index (κ1) is 24.8. The minimum absolute atomic E-state index is 0.0156. The zero-order valence-electron chi connectivity index (χ0n) is 20.5. The lowest BCUT2D eigenvalue weighted by atomic mass is 9.70. The number of methoxy groups -OCH3 is 1. The van der Waals surface area contributed by atoms with Gasteiger partial charge in [-0.15, -0.1) is 10.2 Å². The van der Waals surface area contributed by atoms with Gasteiger partial charge in [-0.3, -0.25) is 0 Å². The number of alkyl halides is 1. The van der Waals surface area contributed by atoms with E-state index >= 15 is 0 Å². The molecule has 35 heavy (non-hydrogen) atoms. The molecule has 0 amide bonds. The molecule has 0 saturated heterocycles. The number of benzene rings is 1. The van der Waals surface area contributed by atoms with Crippen LogP contribution in [0.5, 0.6) is 11.5 Å². The van der Waals surface area contributed by atoms with Gasteiger partial charge in [0.1, 0.15) is 11.9 Å². The van der Waals surface area contributed by atoms with Crippen LogP contribution in [0.4, 0.5) is 14.6 Å². The first-order valence-electron chi connectivity index (χ1n) is 11.8. The van der Waals surface area contributed by atoms with Gasteiger partial charge in [-0.2, -0.15) is 4.39 Å². The van der Waals surface area contributed by atoms with Crippen LogP contribution in [-0.4, -0.2) is 51.6 Å². The number of hydrogen-bond acceptors (Lipinski definition) is 7. The molecular formula is C26H31F2N5O2. The van der Waals surface area contributed by atoms with Crippen molar-refractivity contribution in [1.82, 2.24) is 20.2 Å². The van der Waals surface area contributed by atoms with E-state index in [-0.39, 0.29) is 28.8 Å². The van der Waals surface area contributed by atoms with Gasteiger partial charge in [0, 0.05) is 18.8 Å². The monoisotopic (exact) mass is 483 g/mol. The number of hydrogen-bond donors (Lipinski definition) is 1. The molecule has 1 aliphatic rings. The molecule has 0 radical (unpaired) electrons. The van der Waals surface area contributed by atoms with Gasteiger partial charge in [0.2, 0.25) is 0 Å². The van der Waals surface area contributed by atoms with E-state index in [9.17, 15) is 13.9 Å². The predicted molar refractivity (Wildman–Crippen MR) is 131 cm³/mol. The van der Waals surface area contributed by atoms with Gasteiger partial charge >= 0.3 is 0 Å². The lowest BCUT2D eigenvalue weighted by Gasteiger charge is -2.43. The lowest BCUT2D eigenvalue weighted by molar-refractivity contribution is 0.102. The smallest absolute Gasteiger partial charge is 0.255 e. The first-order chi connectivity index (χ1) is 16.7. The number of aromatic nitrogens is 4. The molecule has 1 aliphatic carbocycles. The first-order valence-corrected chi connectivity index (χ1v) is 11.8. The fraction of sp³-hybridized carbons (Fsp3) is 0.462. The van der Waals surface area contributed by atoms with Crippen molar-refractivity contribution in [2.24, 2.45) is 5.41 Å². The van der Waals surface area contributed by atoms with Crippen molar-refractivity contribution >= 4 is 5.82 Å². The third kappa shape index (κ3) is 5.18. The number of halogens is 2. The van der Waals surface area contributed by atoms with Gasteiger partial charge in [0.25, 0.3) is 5.95 Å². The zero-order valence-corrected chi connectivity index (χ0v) is 20.5. The Balaban J connectivity index is 1.53. The number of aromatic hydroxyl groups is 1. The Bertz CT molecular complexity index is 1180. The van der Waals surface area contributed by atoms with Gasteiger partial charge in [0.05, 0.1) is 24.9 Å². The number of phenols is 1. The minimum Gasteiger partial charge on any atom is -0.507 e. The van der Waals surface area contributed by atoms with E-state index in [0.717, 1.165) is 25.7 Å². The fourth-order valence-corrected chi connectivity index (χ4v) is 4.98. The number of anilines is 1. The molecule has 7 nitrogen and oxygen atoms in total. The zero-order chi connectivity index (χ0) is 25.2. The maximum atomic E-state index is 14.8. The number of ether oxygens (including phenoxy) is 1. The summed E-state index contributed by atoms with van der Waals surface area (Å²) in [6.07, 6.45) is 6.34. The third-order valence-electron chi connectivity index (χ3n) is 7.00. The van der Waals surface area contributed by atoms with E-state index in [0.29, 0.717) is 28.9 Å². The molecule has 1 aromatic carbocycles. The highest BCUT2D eigenvalue weighted by Gasteiger charge is 2.39. The average Bonchev–Trinajstić information content (AvgIpc) is 2.86. The molecule has 0 aliphatic heterocycles. The maximum Gasteiger partial charge on any atom is 0.255 e. The summed E-state index contributed by atoms with van der Waals surface area (Å²) >= 11 is 0. The number of pyridine rings is 1. The van der Waals surface area contributed by atoms with Crippen molar-refractivity contribution in [3.8, 4) is 34.0 Å². The van der Waals surface area contributed by atoms with Crippen LogP contribution in [0.1, 0.15) is 46.0 Å². The van der Waals surface area contributed by atoms with Crippen LogP contribution >= 0.6 is 0 Å². The molecule has 0 bridgehead atoms. The van der Waals surface area contributed by atoms with Crippen molar-refractivity contribution in [2.75, 3.05) is 19.1 Å². The Hall–Kier alpha value is -3.36. The Morgan fingerprint density at radius 1 is 1.17 bits per heavy atom. The summed E-state index contributed by atoms with van der Waals surface area (Å²) in [5, 5.41) is 19.1.